The number of halogens is 1. The van der Waals surface area contributed by atoms with Crippen molar-refractivity contribution < 1.29 is 19.1 Å². The molecule has 0 atom stereocenters. The van der Waals surface area contributed by atoms with Crippen LogP contribution in [-0.4, -0.2) is 53.2 Å². The molecule has 1 aromatic heterocycles. The Balaban J connectivity index is 1.93. The molecule has 0 fully saturated rings. The lowest BCUT2D eigenvalue weighted by Crippen LogP contribution is -2.22. The average molecular weight is 421 g/mol. The van der Waals surface area contributed by atoms with E-state index in [-0.39, 0.29) is 16.6 Å². The van der Waals surface area contributed by atoms with E-state index in [9.17, 15) is 14.4 Å². The molecule has 29 heavy (non-hydrogen) atoms. The van der Waals surface area contributed by atoms with E-state index in [1.54, 1.807) is 50.0 Å². The summed E-state index contributed by atoms with van der Waals surface area (Å²) < 4.78 is 6.65. The van der Waals surface area contributed by atoms with Gasteiger partial charge in [0.1, 0.15) is 10.7 Å². The van der Waals surface area contributed by atoms with E-state index in [0.29, 0.717) is 23.5 Å². The number of carbonyl (C=O) groups excluding carboxylic acids is 3. The van der Waals surface area contributed by atoms with Gasteiger partial charge in [0.15, 0.2) is 6.61 Å². The summed E-state index contributed by atoms with van der Waals surface area (Å²) in [6, 6.07) is 6.43. The Labute approximate surface area is 174 Å². The van der Waals surface area contributed by atoms with Crippen LogP contribution >= 0.6 is 11.6 Å². The highest BCUT2D eigenvalue weighted by Crippen LogP contribution is 2.21. The zero-order chi connectivity index (χ0) is 21.6. The number of hydrogen-bond donors (Lipinski definition) is 1. The van der Waals surface area contributed by atoms with Crippen LogP contribution in [0.25, 0.3) is 0 Å². The first-order valence-electron chi connectivity index (χ1n) is 9.26. The molecular formula is C20H25ClN4O4. The molecule has 0 bridgehead atoms. The first-order valence-corrected chi connectivity index (χ1v) is 9.64. The second kappa shape index (κ2) is 10.1. The number of aromatic nitrogens is 2. The molecule has 1 heterocycles. The number of unbranched alkanes of at least 4 members (excludes halogenated alkanes) is 1. The van der Waals surface area contributed by atoms with Gasteiger partial charge in [0.25, 0.3) is 11.8 Å². The molecule has 0 spiro atoms. The number of nitrogens with zero attached hydrogens (tertiary/aromatic N) is 3. The van der Waals surface area contributed by atoms with Crippen LogP contribution < -0.4 is 5.32 Å². The SMILES string of the molecule is CCCCn1nc(C)c(C(=O)OCC(=O)Nc2ccc(C(=O)N(C)C)cc2)c1Cl. The van der Waals surface area contributed by atoms with Gasteiger partial charge >= 0.3 is 5.97 Å². The van der Waals surface area contributed by atoms with E-state index >= 15 is 0 Å². The van der Waals surface area contributed by atoms with Crippen LogP contribution in [0, 0.1) is 6.92 Å². The quantitative estimate of drug-likeness (QED) is 0.662. The van der Waals surface area contributed by atoms with E-state index in [2.05, 4.69) is 10.4 Å². The van der Waals surface area contributed by atoms with Gasteiger partial charge in [-0.2, -0.15) is 5.10 Å². The van der Waals surface area contributed by atoms with Gasteiger partial charge < -0.3 is 15.0 Å². The Morgan fingerprint density at radius 3 is 2.45 bits per heavy atom. The third-order valence-electron chi connectivity index (χ3n) is 4.15. The van der Waals surface area contributed by atoms with Gasteiger partial charge in [0.2, 0.25) is 0 Å². The molecule has 0 saturated carbocycles. The highest BCUT2D eigenvalue weighted by atomic mass is 35.5. The zero-order valence-electron chi connectivity index (χ0n) is 17.0. The van der Waals surface area contributed by atoms with Crippen molar-refractivity contribution in [2.24, 2.45) is 0 Å². The molecule has 2 amide bonds. The number of ether oxygens (including phenoxy) is 1. The standard InChI is InChI=1S/C20H25ClN4O4/c1-5-6-11-25-18(21)17(13(2)23-25)20(28)29-12-16(26)22-15-9-7-14(8-10-15)19(27)24(3)4/h7-10H,5-6,11-12H2,1-4H3,(H,22,26). The minimum Gasteiger partial charge on any atom is -0.452 e. The van der Waals surface area contributed by atoms with Crippen LogP contribution in [0.15, 0.2) is 24.3 Å². The summed E-state index contributed by atoms with van der Waals surface area (Å²) in [7, 11) is 3.32. The molecule has 8 nitrogen and oxygen atoms in total. The topological polar surface area (TPSA) is 93.5 Å². The Bertz CT molecular complexity index is 891. The van der Waals surface area contributed by atoms with Crippen molar-refractivity contribution in [1.29, 1.82) is 0 Å². The van der Waals surface area contributed by atoms with Crippen LogP contribution in [0.2, 0.25) is 5.15 Å². The Hall–Kier alpha value is -2.87. The predicted molar refractivity (Wildman–Crippen MR) is 110 cm³/mol. The molecule has 0 aliphatic rings. The number of carbonyl (C=O) groups is 3. The number of rotatable bonds is 8. The second-order valence-corrected chi connectivity index (χ2v) is 7.09. The largest absolute Gasteiger partial charge is 0.452 e. The van der Waals surface area contributed by atoms with E-state index in [1.165, 1.54) is 4.90 Å². The molecule has 2 rings (SSSR count). The summed E-state index contributed by atoms with van der Waals surface area (Å²) in [5.74, 6) is -1.34. The van der Waals surface area contributed by atoms with Gasteiger partial charge in [0, 0.05) is 31.9 Å². The first kappa shape index (κ1) is 22.4. The van der Waals surface area contributed by atoms with Crippen LogP contribution in [0.5, 0.6) is 0 Å². The van der Waals surface area contributed by atoms with E-state index in [4.69, 9.17) is 16.3 Å². The van der Waals surface area contributed by atoms with Gasteiger partial charge in [-0.15, -0.1) is 0 Å². The van der Waals surface area contributed by atoms with Gasteiger partial charge in [-0.05, 0) is 37.6 Å². The molecule has 0 aliphatic carbocycles. The van der Waals surface area contributed by atoms with E-state index in [0.717, 1.165) is 12.8 Å². The fourth-order valence-corrected chi connectivity index (χ4v) is 2.93. The van der Waals surface area contributed by atoms with Crippen molar-refractivity contribution in [3.63, 3.8) is 0 Å². The fraction of sp³-hybridized carbons (Fsp3) is 0.400. The number of hydrogen-bond acceptors (Lipinski definition) is 5. The molecule has 1 aromatic carbocycles. The van der Waals surface area contributed by atoms with Gasteiger partial charge in [0.05, 0.1) is 5.69 Å². The molecule has 9 heteroatoms. The number of benzene rings is 1. The number of esters is 1. The van der Waals surface area contributed by atoms with Crippen LogP contribution in [0.3, 0.4) is 0 Å². The van der Waals surface area contributed by atoms with Gasteiger partial charge in [-0.25, -0.2) is 4.79 Å². The van der Waals surface area contributed by atoms with E-state index < -0.39 is 18.5 Å². The van der Waals surface area contributed by atoms with E-state index in [1.807, 2.05) is 6.92 Å². The number of amides is 2. The molecule has 156 valence electrons. The van der Waals surface area contributed by atoms with Crippen molar-refractivity contribution in [2.45, 2.75) is 33.2 Å². The Morgan fingerprint density at radius 1 is 1.21 bits per heavy atom. The lowest BCUT2D eigenvalue weighted by Gasteiger charge is -2.11. The van der Waals surface area contributed by atoms with Crippen LogP contribution in [0.1, 0.15) is 46.2 Å². The molecule has 0 radical (unpaired) electrons. The van der Waals surface area contributed by atoms with Crippen molar-refractivity contribution in [2.75, 3.05) is 26.0 Å². The summed E-state index contributed by atoms with van der Waals surface area (Å²) >= 11 is 6.24. The molecule has 0 aliphatic heterocycles. The lowest BCUT2D eigenvalue weighted by molar-refractivity contribution is -0.119. The van der Waals surface area contributed by atoms with Crippen molar-refractivity contribution in [3.8, 4) is 0 Å². The third-order valence-corrected chi connectivity index (χ3v) is 4.53. The summed E-state index contributed by atoms with van der Waals surface area (Å²) in [5, 5.41) is 7.07. The summed E-state index contributed by atoms with van der Waals surface area (Å²) in [5.41, 5.74) is 1.62. The maximum atomic E-state index is 12.3. The summed E-state index contributed by atoms with van der Waals surface area (Å²) in [6.45, 7) is 3.86. The maximum Gasteiger partial charge on any atom is 0.343 e. The Morgan fingerprint density at radius 2 is 1.86 bits per heavy atom. The van der Waals surface area contributed by atoms with Crippen molar-refractivity contribution in [3.05, 3.63) is 46.2 Å². The minimum absolute atomic E-state index is 0.136. The molecule has 2 aromatic rings. The maximum absolute atomic E-state index is 12.3. The highest BCUT2D eigenvalue weighted by molar-refractivity contribution is 6.32. The molecule has 0 saturated heterocycles. The third kappa shape index (κ3) is 5.80. The highest BCUT2D eigenvalue weighted by Gasteiger charge is 2.22. The van der Waals surface area contributed by atoms with Crippen molar-refractivity contribution in [1.82, 2.24) is 14.7 Å². The smallest absolute Gasteiger partial charge is 0.343 e. The Kier molecular flexibility index (Phi) is 7.78. The zero-order valence-corrected chi connectivity index (χ0v) is 17.7. The molecule has 1 N–H and O–H groups in total. The van der Waals surface area contributed by atoms with Crippen molar-refractivity contribution >= 4 is 35.1 Å². The summed E-state index contributed by atoms with van der Waals surface area (Å²) in [4.78, 5) is 37.7. The first-order chi connectivity index (χ1) is 13.7. The van der Waals surface area contributed by atoms with Crippen LogP contribution in [0.4, 0.5) is 5.69 Å². The molecule has 0 unspecified atom stereocenters. The predicted octanol–water partition coefficient (Wildman–Crippen LogP) is 3.14. The van der Waals surface area contributed by atoms with Crippen LogP contribution in [-0.2, 0) is 16.1 Å². The molecular weight excluding hydrogens is 396 g/mol. The average Bonchev–Trinajstić information content (AvgIpc) is 2.97. The number of aryl methyl sites for hydroxylation is 2. The minimum atomic E-state index is -0.697. The van der Waals surface area contributed by atoms with Gasteiger partial charge in [-0.3, -0.25) is 14.3 Å². The number of anilines is 1. The summed E-state index contributed by atoms with van der Waals surface area (Å²) in [6.07, 6.45) is 1.86. The second-order valence-electron chi connectivity index (χ2n) is 6.73. The van der Waals surface area contributed by atoms with Gasteiger partial charge in [-0.1, -0.05) is 24.9 Å². The monoisotopic (exact) mass is 420 g/mol. The number of nitrogens with one attached hydrogen (secondary N) is 1. The fourth-order valence-electron chi connectivity index (χ4n) is 2.60. The normalized spacial score (nSPS) is 10.5. The lowest BCUT2D eigenvalue weighted by atomic mass is 10.2.